The molecule has 2 aromatic carbocycles. The van der Waals surface area contributed by atoms with Crippen LogP contribution in [0.15, 0.2) is 62.6 Å². The monoisotopic (exact) mass is 388 g/mol. The second kappa shape index (κ2) is 7.10. The van der Waals surface area contributed by atoms with E-state index in [1.54, 1.807) is 0 Å². The minimum absolute atomic E-state index is 0.0402. The first kappa shape index (κ1) is 16.0. The minimum atomic E-state index is 0.0402. The van der Waals surface area contributed by atoms with Gasteiger partial charge in [0, 0.05) is 15.6 Å². The van der Waals surface area contributed by atoms with Crippen LogP contribution in [0.1, 0.15) is 15.9 Å². The number of Topliss-reactive ketones (excluding diaryl/α,β-unsaturated/α-hetero) is 1. The highest BCUT2D eigenvalue weighted by molar-refractivity contribution is 9.10. The van der Waals surface area contributed by atoms with Gasteiger partial charge < -0.3 is 4.42 Å². The molecule has 4 nitrogen and oxygen atoms in total. The Morgan fingerprint density at radius 2 is 1.78 bits per heavy atom. The van der Waals surface area contributed by atoms with Crippen LogP contribution in [0.2, 0.25) is 0 Å². The molecule has 0 N–H and O–H groups in total. The summed E-state index contributed by atoms with van der Waals surface area (Å²) in [6.45, 7) is 1.99. The van der Waals surface area contributed by atoms with Crippen molar-refractivity contribution in [2.75, 3.05) is 5.75 Å². The second-order valence-electron chi connectivity index (χ2n) is 4.96. The van der Waals surface area contributed by atoms with E-state index in [4.69, 9.17) is 4.42 Å². The zero-order valence-electron chi connectivity index (χ0n) is 12.3. The number of benzene rings is 2. The number of carbonyl (C=O) groups is 1. The minimum Gasteiger partial charge on any atom is -0.411 e. The highest BCUT2D eigenvalue weighted by Gasteiger charge is 2.12. The smallest absolute Gasteiger partial charge is 0.277 e. The molecule has 0 radical (unpaired) electrons. The molecule has 0 saturated heterocycles. The molecule has 1 aromatic heterocycles. The molecule has 23 heavy (non-hydrogen) atoms. The van der Waals surface area contributed by atoms with Crippen molar-refractivity contribution in [3.63, 3.8) is 0 Å². The summed E-state index contributed by atoms with van der Waals surface area (Å²) in [5.74, 6) is 0.756. The third kappa shape index (κ3) is 4.09. The first-order valence-corrected chi connectivity index (χ1v) is 8.72. The van der Waals surface area contributed by atoms with E-state index in [9.17, 15) is 4.79 Å². The van der Waals surface area contributed by atoms with Gasteiger partial charge in [0.1, 0.15) is 0 Å². The molecule has 3 rings (SSSR count). The van der Waals surface area contributed by atoms with Crippen molar-refractivity contribution in [2.24, 2.45) is 0 Å². The van der Waals surface area contributed by atoms with Crippen LogP contribution in [0.3, 0.4) is 0 Å². The van der Waals surface area contributed by atoms with Crippen molar-refractivity contribution in [2.45, 2.75) is 12.1 Å². The van der Waals surface area contributed by atoms with E-state index in [0.717, 1.165) is 15.6 Å². The lowest BCUT2D eigenvalue weighted by atomic mass is 10.1. The van der Waals surface area contributed by atoms with Gasteiger partial charge in [-0.2, -0.15) is 0 Å². The summed E-state index contributed by atoms with van der Waals surface area (Å²) in [5, 5.41) is 8.38. The summed E-state index contributed by atoms with van der Waals surface area (Å²) in [6, 6.07) is 15.1. The van der Waals surface area contributed by atoms with Crippen molar-refractivity contribution in [3.05, 3.63) is 64.1 Å². The molecule has 0 aliphatic carbocycles. The van der Waals surface area contributed by atoms with Gasteiger partial charge in [-0.05, 0) is 31.2 Å². The van der Waals surface area contributed by atoms with Crippen LogP contribution in [-0.2, 0) is 0 Å². The number of hydrogen-bond donors (Lipinski definition) is 0. The Hall–Kier alpha value is -1.92. The summed E-state index contributed by atoms with van der Waals surface area (Å²) in [4.78, 5) is 12.1. The number of aromatic nitrogens is 2. The summed E-state index contributed by atoms with van der Waals surface area (Å²) in [7, 11) is 0. The average molecular weight is 389 g/mol. The number of halogens is 1. The third-order valence-electron chi connectivity index (χ3n) is 3.20. The van der Waals surface area contributed by atoms with Gasteiger partial charge in [0.05, 0.1) is 5.75 Å². The maximum Gasteiger partial charge on any atom is 0.277 e. The first-order chi connectivity index (χ1) is 11.1. The van der Waals surface area contributed by atoms with E-state index in [0.29, 0.717) is 16.7 Å². The van der Waals surface area contributed by atoms with E-state index >= 15 is 0 Å². The fourth-order valence-electron chi connectivity index (χ4n) is 1.93. The SMILES string of the molecule is Cc1ccc(C(=O)CSc2nnc(-c3ccc(Br)cc3)o2)cc1. The van der Waals surface area contributed by atoms with Gasteiger partial charge in [0.15, 0.2) is 5.78 Å². The highest BCUT2D eigenvalue weighted by atomic mass is 79.9. The Labute approximate surface area is 146 Å². The number of aryl methyl sites for hydroxylation is 1. The lowest BCUT2D eigenvalue weighted by molar-refractivity contribution is 0.102. The molecular weight excluding hydrogens is 376 g/mol. The largest absolute Gasteiger partial charge is 0.411 e. The molecule has 0 unspecified atom stereocenters. The van der Waals surface area contributed by atoms with E-state index in [2.05, 4.69) is 26.1 Å². The Morgan fingerprint density at radius 3 is 2.48 bits per heavy atom. The van der Waals surface area contributed by atoms with Crippen molar-refractivity contribution < 1.29 is 9.21 Å². The van der Waals surface area contributed by atoms with Gasteiger partial charge in [-0.1, -0.05) is 57.5 Å². The molecule has 3 aromatic rings. The van der Waals surface area contributed by atoms with E-state index in [-0.39, 0.29) is 11.5 Å². The van der Waals surface area contributed by atoms with Crippen LogP contribution in [0.5, 0.6) is 0 Å². The first-order valence-electron chi connectivity index (χ1n) is 6.94. The van der Waals surface area contributed by atoms with Gasteiger partial charge in [0.25, 0.3) is 5.22 Å². The molecule has 0 amide bonds. The molecule has 6 heteroatoms. The Morgan fingerprint density at radius 1 is 1.09 bits per heavy atom. The van der Waals surface area contributed by atoms with Crippen molar-refractivity contribution >= 4 is 33.5 Å². The zero-order valence-corrected chi connectivity index (χ0v) is 14.7. The van der Waals surface area contributed by atoms with Gasteiger partial charge in [0.2, 0.25) is 5.89 Å². The summed E-state index contributed by atoms with van der Waals surface area (Å²) >= 11 is 4.63. The van der Waals surface area contributed by atoms with Crippen LogP contribution in [0.25, 0.3) is 11.5 Å². The van der Waals surface area contributed by atoms with Gasteiger partial charge in [-0.15, -0.1) is 10.2 Å². The number of rotatable bonds is 5. The maximum absolute atomic E-state index is 12.1. The Balaban J connectivity index is 1.64. The summed E-state index contributed by atoms with van der Waals surface area (Å²) in [6.07, 6.45) is 0. The van der Waals surface area contributed by atoms with E-state index < -0.39 is 0 Å². The maximum atomic E-state index is 12.1. The lowest BCUT2D eigenvalue weighted by Crippen LogP contribution is -2.02. The fraction of sp³-hybridized carbons (Fsp3) is 0.118. The van der Waals surface area contributed by atoms with Crippen molar-refractivity contribution in [3.8, 4) is 11.5 Å². The average Bonchev–Trinajstić information content (AvgIpc) is 3.03. The second-order valence-corrected chi connectivity index (χ2v) is 6.80. The Kier molecular flexibility index (Phi) is 4.93. The third-order valence-corrected chi connectivity index (χ3v) is 4.55. The standard InChI is InChI=1S/C17H13BrN2O2S/c1-11-2-4-12(5-3-11)15(21)10-23-17-20-19-16(22-17)13-6-8-14(18)9-7-13/h2-9H,10H2,1H3. The molecule has 0 bridgehead atoms. The highest BCUT2D eigenvalue weighted by Crippen LogP contribution is 2.25. The van der Waals surface area contributed by atoms with Crippen LogP contribution >= 0.6 is 27.7 Å². The van der Waals surface area contributed by atoms with Crippen LogP contribution < -0.4 is 0 Å². The number of carbonyl (C=O) groups excluding carboxylic acids is 1. The number of thioether (sulfide) groups is 1. The summed E-state index contributed by atoms with van der Waals surface area (Å²) < 4.78 is 6.57. The quantitative estimate of drug-likeness (QED) is 0.464. The molecule has 0 fully saturated rings. The molecule has 0 aliphatic rings. The molecule has 116 valence electrons. The molecule has 0 aliphatic heterocycles. The fourth-order valence-corrected chi connectivity index (χ4v) is 2.85. The van der Waals surface area contributed by atoms with E-state index in [1.807, 2.05) is 55.5 Å². The van der Waals surface area contributed by atoms with Crippen molar-refractivity contribution in [1.82, 2.24) is 10.2 Å². The van der Waals surface area contributed by atoms with Gasteiger partial charge in [-0.3, -0.25) is 4.79 Å². The number of hydrogen-bond acceptors (Lipinski definition) is 5. The topological polar surface area (TPSA) is 56.0 Å². The van der Waals surface area contributed by atoms with Gasteiger partial charge >= 0.3 is 0 Å². The Bertz CT molecular complexity index is 813. The van der Waals surface area contributed by atoms with Crippen LogP contribution in [-0.4, -0.2) is 21.7 Å². The molecular formula is C17H13BrN2O2S. The normalized spacial score (nSPS) is 10.7. The predicted molar refractivity (Wildman–Crippen MR) is 93.7 cm³/mol. The number of ketones is 1. The predicted octanol–water partition coefficient (Wildman–Crippen LogP) is 4.78. The van der Waals surface area contributed by atoms with Gasteiger partial charge in [-0.25, -0.2) is 0 Å². The van der Waals surface area contributed by atoms with Crippen molar-refractivity contribution in [1.29, 1.82) is 0 Å². The molecule has 1 heterocycles. The lowest BCUT2D eigenvalue weighted by Gasteiger charge is -1.99. The van der Waals surface area contributed by atoms with Crippen LogP contribution in [0.4, 0.5) is 0 Å². The summed E-state index contributed by atoms with van der Waals surface area (Å²) in [5.41, 5.74) is 2.67. The molecule has 0 saturated carbocycles. The number of nitrogens with zero attached hydrogens (tertiary/aromatic N) is 2. The van der Waals surface area contributed by atoms with Crippen LogP contribution in [0, 0.1) is 6.92 Å². The zero-order chi connectivity index (χ0) is 16.2. The molecule has 0 spiro atoms. The van der Waals surface area contributed by atoms with E-state index in [1.165, 1.54) is 11.8 Å². The molecule has 0 atom stereocenters.